The largest absolute Gasteiger partial charge is 0.481 e. The number of aryl methyl sites for hydroxylation is 1. The molecule has 0 aliphatic rings. The van der Waals surface area contributed by atoms with Crippen molar-refractivity contribution in [2.75, 3.05) is 0 Å². The molecule has 0 bridgehead atoms. The van der Waals surface area contributed by atoms with Crippen LogP contribution in [0.2, 0.25) is 0 Å². The Morgan fingerprint density at radius 2 is 1.95 bits per heavy atom. The number of sulfonamides is 1. The molecule has 2 N–H and O–H groups in total. The van der Waals surface area contributed by atoms with E-state index in [9.17, 15) is 18.0 Å². The first-order chi connectivity index (χ1) is 8.85. The van der Waals surface area contributed by atoms with Crippen LogP contribution in [0.4, 0.5) is 0 Å². The molecule has 0 aromatic heterocycles. The van der Waals surface area contributed by atoms with E-state index < -0.39 is 22.0 Å². The molecular weight excluding hydrogens is 270 g/mol. The topological polar surface area (TPSA) is 101 Å². The minimum Gasteiger partial charge on any atom is -0.481 e. The summed E-state index contributed by atoms with van der Waals surface area (Å²) in [4.78, 5) is 21.0. The third-order valence-electron chi connectivity index (χ3n) is 2.42. The van der Waals surface area contributed by atoms with Gasteiger partial charge < -0.3 is 5.11 Å². The van der Waals surface area contributed by atoms with Crippen molar-refractivity contribution in [2.24, 2.45) is 0 Å². The molecule has 0 aliphatic heterocycles. The lowest BCUT2D eigenvalue weighted by Crippen LogP contribution is -2.36. The highest BCUT2D eigenvalue weighted by Crippen LogP contribution is 2.11. The Morgan fingerprint density at radius 1 is 1.37 bits per heavy atom. The van der Waals surface area contributed by atoms with Crippen LogP contribution in [0.1, 0.15) is 18.4 Å². The van der Waals surface area contributed by atoms with Gasteiger partial charge in [0.15, 0.2) is 0 Å². The van der Waals surface area contributed by atoms with Crippen LogP contribution in [-0.4, -0.2) is 31.8 Å². The van der Waals surface area contributed by atoms with Gasteiger partial charge in [0.05, 0.1) is 10.9 Å². The van der Waals surface area contributed by atoms with E-state index in [0.717, 1.165) is 5.56 Å². The maximum atomic E-state index is 11.9. The molecule has 1 radical (unpaired) electrons. The summed E-state index contributed by atoms with van der Waals surface area (Å²) in [6.07, 6.45) is 1.05. The van der Waals surface area contributed by atoms with E-state index in [1.54, 1.807) is 12.1 Å². The predicted octanol–water partition coefficient (Wildman–Crippen LogP) is 0.616. The number of nitrogens with one attached hydrogen (secondary N) is 1. The van der Waals surface area contributed by atoms with E-state index >= 15 is 0 Å². The molecule has 1 rings (SSSR count). The second-order valence-electron chi connectivity index (χ2n) is 4.04. The smallest absolute Gasteiger partial charge is 0.303 e. The molecule has 0 saturated heterocycles. The summed E-state index contributed by atoms with van der Waals surface area (Å²) in [6, 6.07) is 4.92. The fraction of sp³-hybridized carbons (Fsp3) is 0.333. The Kier molecular flexibility index (Phi) is 5.20. The maximum absolute atomic E-state index is 11.9. The Morgan fingerprint density at radius 3 is 2.42 bits per heavy atom. The van der Waals surface area contributed by atoms with Crippen molar-refractivity contribution in [3.8, 4) is 0 Å². The highest BCUT2D eigenvalue weighted by Gasteiger charge is 2.20. The molecule has 0 amide bonds. The Balaban J connectivity index is 2.80. The SMILES string of the molecule is Cc1ccc(S(=O)(=O)N[C@H]([C]=O)CCC(=O)O)cc1. The van der Waals surface area contributed by atoms with Crippen molar-refractivity contribution in [3.63, 3.8) is 0 Å². The van der Waals surface area contributed by atoms with Crippen LogP contribution in [0.15, 0.2) is 29.2 Å². The molecule has 0 unspecified atom stereocenters. The van der Waals surface area contributed by atoms with Gasteiger partial charge in [-0.05, 0) is 25.5 Å². The second-order valence-corrected chi connectivity index (χ2v) is 5.75. The number of aliphatic carboxylic acids is 1. The van der Waals surface area contributed by atoms with Gasteiger partial charge in [0.2, 0.25) is 16.3 Å². The van der Waals surface area contributed by atoms with Gasteiger partial charge in [-0.25, -0.2) is 13.1 Å². The molecule has 103 valence electrons. The van der Waals surface area contributed by atoms with E-state index in [4.69, 9.17) is 5.11 Å². The zero-order chi connectivity index (χ0) is 14.5. The standard InChI is InChI=1S/C12H14NO5S/c1-9-2-5-11(6-3-9)19(17,18)13-10(8-14)4-7-12(15)16/h2-3,5-6,10,13H,4,7H2,1H3,(H,15,16)/t10-/m0/s1. The fourth-order valence-electron chi connectivity index (χ4n) is 1.38. The molecule has 7 heteroatoms. The third-order valence-corrected chi connectivity index (χ3v) is 3.91. The summed E-state index contributed by atoms with van der Waals surface area (Å²) >= 11 is 0. The molecule has 1 atom stereocenters. The van der Waals surface area contributed by atoms with E-state index in [1.807, 2.05) is 6.92 Å². The predicted molar refractivity (Wildman–Crippen MR) is 67.9 cm³/mol. The molecule has 0 spiro atoms. The summed E-state index contributed by atoms with van der Waals surface area (Å²) in [5.74, 6) is -1.10. The first-order valence-corrected chi connectivity index (χ1v) is 7.02. The zero-order valence-electron chi connectivity index (χ0n) is 10.3. The molecular formula is C12H14NO5S. The van der Waals surface area contributed by atoms with Gasteiger partial charge in [-0.1, -0.05) is 17.7 Å². The van der Waals surface area contributed by atoms with E-state index in [-0.39, 0.29) is 17.7 Å². The fourth-order valence-corrected chi connectivity index (χ4v) is 2.55. The first-order valence-electron chi connectivity index (χ1n) is 5.53. The van der Waals surface area contributed by atoms with Crippen molar-refractivity contribution in [1.82, 2.24) is 4.72 Å². The highest BCUT2D eigenvalue weighted by atomic mass is 32.2. The molecule has 1 aromatic carbocycles. The Bertz CT molecular complexity index is 550. The van der Waals surface area contributed by atoms with Gasteiger partial charge >= 0.3 is 5.97 Å². The molecule has 0 fully saturated rings. The van der Waals surface area contributed by atoms with Gasteiger partial charge in [-0.2, -0.15) is 0 Å². The van der Waals surface area contributed by atoms with Crippen molar-refractivity contribution < 1.29 is 23.1 Å². The average molecular weight is 284 g/mol. The minimum atomic E-state index is -3.84. The zero-order valence-corrected chi connectivity index (χ0v) is 11.1. The maximum Gasteiger partial charge on any atom is 0.303 e. The number of carboxylic acid groups (broad SMARTS) is 1. The van der Waals surface area contributed by atoms with E-state index in [2.05, 4.69) is 4.72 Å². The van der Waals surface area contributed by atoms with Crippen molar-refractivity contribution in [1.29, 1.82) is 0 Å². The van der Waals surface area contributed by atoms with Crippen LogP contribution >= 0.6 is 0 Å². The van der Waals surface area contributed by atoms with Crippen LogP contribution in [0.5, 0.6) is 0 Å². The normalized spacial score (nSPS) is 12.9. The summed E-state index contributed by atoms with van der Waals surface area (Å²) < 4.78 is 26.0. The number of carboxylic acids is 1. The molecule has 0 aliphatic carbocycles. The number of carbonyl (C=O) groups excluding carboxylic acids is 1. The van der Waals surface area contributed by atoms with Crippen molar-refractivity contribution in [3.05, 3.63) is 29.8 Å². The third kappa shape index (κ3) is 4.80. The van der Waals surface area contributed by atoms with Crippen LogP contribution in [-0.2, 0) is 19.6 Å². The lowest BCUT2D eigenvalue weighted by molar-refractivity contribution is -0.137. The van der Waals surface area contributed by atoms with Crippen LogP contribution in [0, 0.1) is 6.92 Å². The van der Waals surface area contributed by atoms with Crippen LogP contribution in [0.3, 0.4) is 0 Å². The van der Waals surface area contributed by atoms with Gasteiger partial charge in [0.25, 0.3) is 0 Å². The quantitative estimate of drug-likeness (QED) is 0.764. The molecule has 0 saturated carbocycles. The molecule has 6 nitrogen and oxygen atoms in total. The molecule has 0 heterocycles. The number of benzene rings is 1. The molecule has 1 aromatic rings. The summed E-state index contributed by atoms with van der Waals surface area (Å²) in [5.41, 5.74) is 0.906. The Labute approximate surface area is 111 Å². The lowest BCUT2D eigenvalue weighted by Gasteiger charge is -2.11. The average Bonchev–Trinajstić information content (AvgIpc) is 2.34. The van der Waals surface area contributed by atoms with Crippen molar-refractivity contribution >= 4 is 22.3 Å². The summed E-state index contributed by atoms with van der Waals surface area (Å²) in [7, 11) is -3.84. The second kappa shape index (κ2) is 6.44. The first kappa shape index (κ1) is 15.3. The lowest BCUT2D eigenvalue weighted by atomic mass is 10.2. The van der Waals surface area contributed by atoms with Crippen LogP contribution in [0.25, 0.3) is 0 Å². The van der Waals surface area contributed by atoms with Gasteiger partial charge in [-0.3, -0.25) is 9.59 Å². The minimum absolute atomic E-state index is 0.0219. The monoisotopic (exact) mass is 284 g/mol. The van der Waals surface area contributed by atoms with Gasteiger partial charge in [0.1, 0.15) is 0 Å². The Hall–Kier alpha value is -1.73. The van der Waals surface area contributed by atoms with Crippen LogP contribution < -0.4 is 4.72 Å². The van der Waals surface area contributed by atoms with Gasteiger partial charge in [-0.15, -0.1) is 0 Å². The van der Waals surface area contributed by atoms with Gasteiger partial charge in [0, 0.05) is 6.42 Å². The number of carbonyl (C=O) groups is 1. The summed E-state index contributed by atoms with van der Waals surface area (Å²) in [6.45, 7) is 1.82. The number of hydrogen-bond donors (Lipinski definition) is 2. The summed E-state index contributed by atoms with van der Waals surface area (Å²) in [5, 5.41) is 8.50. The van der Waals surface area contributed by atoms with E-state index in [0.29, 0.717) is 0 Å². The van der Waals surface area contributed by atoms with E-state index in [1.165, 1.54) is 18.4 Å². The van der Waals surface area contributed by atoms with Crippen molar-refractivity contribution in [2.45, 2.75) is 30.7 Å². The highest BCUT2D eigenvalue weighted by molar-refractivity contribution is 7.89. The number of rotatable bonds is 7. The number of hydrogen-bond acceptors (Lipinski definition) is 4. The molecule has 19 heavy (non-hydrogen) atoms.